The molecule has 1 fully saturated rings. The highest BCUT2D eigenvalue weighted by Crippen LogP contribution is 2.59. The number of carbonyl (C=O) groups is 1. The molecule has 0 radical (unpaired) electrons. The lowest BCUT2D eigenvalue weighted by Gasteiger charge is -2.19. The summed E-state index contributed by atoms with van der Waals surface area (Å²) in [5, 5.41) is 4.47. The van der Waals surface area contributed by atoms with Crippen molar-refractivity contribution in [2.24, 2.45) is 11.0 Å². The van der Waals surface area contributed by atoms with Gasteiger partial charge < -0.3 is 0 Å². The Morgan fingerprint density at radius 1 is 0.900 bits per heavy atom. The largest absolute Gasteiger partial charge is 0.273 e. The minimum absolute atomic E-state index is 0.0157. The predicted octanol–water partition coefficient (Wildman–Crippen LogP) is 5.54. The van der Waals surface area contributed by atoms with E-state index in [4.69, 9.17) is 0 Å². The zero-order valence-corrected chi connectivity index (χ0v) is 17.9. The van der Waals surface area contributed by atoms with Crippen LogP contribution in [0, 0.1) is 19.8 Å². The van der Waals surface area contributed by atoms with E-state index in [2.05, 4.69) is 79.8 Å². The third-order valence-corrected chi connectivity index (χ3v) is 6.15. The van der Waals surface area contributed by atoms with Crippen LogP contribution in [-0.4, -0.2) is 11.6 Å². The maximum Gasteiger partial charge on any atom is 0.244 e. The van der Waals surface area contributed by atoms with Crippen LogP contribution in [-0.2, 0) is 10.2 Å². The molecular formula is C27H28N2O. The Labute approximate surface area is 178 Å². The molecule has 0 bridgehead atoms. The lowest BCUT2D eigenvalue weighted by atomic mass is 9.85. The number of benzene rings is 3. The Balaban J connectivity index is 1.61. The SMILES string of the molecule is CC/C(=N/NC(=O)C1CC1(c1ccc(C)cc1)c1ccc(C)cc1)c1ccccc1. The molecular weight excluding hydrogens is 368 g/mol. The normalized spacial score (nSPS) is 17.4. The Hall–Kier alpha value is -3.20. The average molecular weight is 397 g/mol. The van der Waals surface area contributed by atoms with Crippen LogP contribution in [0.2, 0.25) is 0 Å². The first-order valence-electron chi connectivity index (χ1n) is 10.6. The molecule has 30 heavy (non-hydrogen) atoms. The fourth-order valence-electron chi connectivity index (χ4n) is 4.26. The molecule has 1 unspecified atom stereocenters. The summed E-state index contributed by atoms with van der Waals surface area (Å²) in [4.78, 5) is 13.1. The predicted molar refractivity (Wildman–Crippen MR) is 123 cm³/mol. The lowest BCUT2D eigenvalue weighted by Crippen LogP contribution is -2.26. The fraction of sp³-hybridized carbons (Fsp3) is 0.259. The second-order valence-electron chi connectivity index (χ2n) is 8.21. The van der Waals surface area contributed by atoms with Gasteiger partial charge in [0.2, 0.25) is 5.91 Å². The number of amides is 1. The van der Waals surface area contributed by atoms with E-state index >= 15 is 0 Å². The third-order valence-electron chi connectivity index (χ3n) is 6.15. The Kier molecular flexibility index (Phi) is 5.54. The van der Waals surface area contributed by atoms with Crippen LogP contribution in [0.15, 0.2) is 84.0 Å². The molecule has 3 aromatic rings. The van der Waals surface area contributed by atoms with E-state index in [0.717, 1.165) is 24.1 Å². The van der Waals surface area contributed by atoms with Gasteiger partial charge in [0, 0.05) is 5.41 Å². The molecule has 0 heterocycles. The van der Waals surface area contributed by atoms with Gasteiger partial charge in [-0.25, -0.2) is 5.43 Å². The van der Waals surface area contributed by atoms with Gasteiger partial charge in [-0.05, 0) is 43.4 Å². The first kappa shape index (κ1) is 20.1. The zero-order chi connectivity index (χ0) is 21.1. The van der Waals surface area contributed by atoms with Crippen molar-refractivity contribution >= 4 is 11.6 Å². The van der Waals surface area contributed by atoms with Gasteiger partial charge in [0.1, 0.15) is 0 Å². The van der Waals surface area contributed by atoms with Crippen molar-refractivity contribution in [1.29, 1.82) is 0 Å². The number of carbonyl (C=O) groups excluding carboxylic acids is 1. The van der Waals surface area contributed by atoms with Gasteiger partial charge >= 0.3 is 0 Å². The molecule has 1 amide bonds. The molecule has 0 saturated heterocycles. The standard InChI is InChI=1S/C27H28N2O/c1-4-25(21-8-6-5-7-9-21)28-29-26(30)24-18-27(24,22-14-10-19(2)11-15-22)23-16-12-20(3)13-17-23/h5-17,24H,4,18H2,1-3H3,(H,29,30)/b28-25-. The van der Waals surface area contributed by atoms with Crippen molar-refractivity contribution in [2.75, 3.05) is 0 Å². The molecule has 1 aliphatic carbocycles. The van der Waals surface area contributed by atoms with E-state index in [9.17, 15) is 4.79 Å². The van der Waals surface area contributed by atoms with Crippen LogP contribution >= 0.6 is 0 Å². The molecule has 0 aromatic heterocycles. The summed E-state index contributed by atoms with van der Waals surface area (Å²) in [5.74, 6) is -0.140. The van der Waals surface area contributed by atoms with Crippen LogP contribution in [0.25, 0.3) is 0 Å². The topological polar surface area (TPSA) is 41.5 Å². The van der Waals surface area contributed by atoms with Crippen LogP contribution in [0.1, 0.15) is 47.6 Å². The molecule has 0 aliphatic heterocycles. The molecule has 1 N–H and O–H groups in total. The van der Waals surface area contributed by atoms with E-state index in [1.165, 1.54) is 22.3 Å². The highest BCUT2D eigenvalue weighted by molar-refractivity contribution is 6.01. The molecule has 1 aliphatic rings. The minimum atomic E-state index is -0.278. The first-order valence-corrected chi connectivity index (χ1v) is 10.6. The monoisotopic (exact) mass is 396 g/mol. The number of hydrogen-bond donors (Lipinski definition) is 1. The summed E-state index contributed by atoms with van der Waals surface area (Å²) in [5.41, 5.74) is 9.35. The van der Waals surface area contributed by atoms with E-state index in [1.54, 1.807) is 0 Å². The number of hydrazone groups is 1. The van der Waals surface area contributed by atoms with E-state index in [1.807, 2.05) is 30.3 Å². The molecule has 0 spiro atoms. The second kappa shape index (κ2) is 8.27. The molecule has 152 valence electrons. The summed E-state index contributed by atoms with van der Waals surface area (Å²) in [6.07, 6.45) is 1.56. The van der Waals surface area contributed by atoms with Crippen molar-refractivity contribution in [2.45, 2.75) is 39.0 Å². The highest BCUT2D eigenvalue weighted by atomic mass is 16.2. The average Bonchev–Trinajstić information content (AvgIpc) is 3.53. The van der Waals surface area contributed by atoms with Crippen LogP contribution in [0.3, 0.4) is 0 Å². The van der Waals surface area contributed by atoms with Crippen LogP contribution in [0.5, 0.6) is 0 Å². The maximum atomic E-state index is 13.1. The Morgan fingerprint density at radius 2 is 1.43 bits per heavy atom. The van der Waals surface area contributed by atoms with Crippen molar-refractivity contribution in [3.8, 4) is 0 Å². The molecule has 3 nitrogen and oxygen atoms in total. The summed E-state index contributed by atoms with van der Waals surface area (Å²) >= 11 is 0. The number of hydrogen-bond acceptors (Lipinski definition) is 2. The molecule has 1 atom stereocenters. The van der Waals surface area contributed by atoms with Crippen LogP contribution in [0.4, 0.5) is 0 Å². The number of nitrogens with zero attached hydrogens (tertiary/aromatic N) is 1. The van der Waals surface area contributed by atoms with Crippen molar-refractivity contribution < 1.29 is 4.79 Å². The van der Waals surface area contributed by atoms with Gasteiger partial charge in [0.15, 0.2) is 0 Å². The molecule has 3 aromatic carbocycles. The van der Waals surface area contributed by atoms with E-state index in [0.29, 0.717) is 0 Å². The summed E-state index contributed by atoms with van der Waals surface area (Å²) in [6, 6.07) is 27.2. The van der Waals surface area contributed by atoms with Crippen LogP contribution < -0.4 is 5.43 Å². The molecule has 1 saturated carbocycles. The molecule has 3 heteroatoms. The third kappa shape index (κ3) is 3.80. The fourth-order valence-corrected chi connectivity index (χ4v) is 4.26. The second-order valence-corrected chi connectivity index (χ2v) is 8.21. The van der Waals surface area contributed by atoms with Crippen molar-refractivity contribution in [1.82, 2.24) is 5.43 Å². The molecule has 4 rings (SSSR count). The van der Waals surface area contributed by atoms with Gasteiger partial charge in [-0.2, -0.15) is 5.10 Å². The number of nitrogens with one attached hydrogen (secondary N) is 1. The van der Waals surface area contributed by atoms with Gasteiger partial charge in [-0.1, -0.05) is 96.9 Å². The highest BCUT2D eigenvalue weighted by Gasteiger charge is 2.60. The first-order chi connectivity index (χ1) is 14.5. The lowest BCUT2D eigenvalue weighted by molar-refractivity contribution is -0.122. The summed E-state index contributed by atoms with van der Waals surface area (Å²) in [7, 11) is 0. The van der Waals surface area contributed by atoms with Gasteiger partial charge in [0.05, 0.1) is 11.6 Å². The number of aryl methyl sites for hydroxylation is 2. The summed E-state index contributed by atoms with van der Waals surface area (Å²) in [6.45, 7) is 6.23. The minimum Gasteiger partial charge on any atom is -0.273 e. The van der Waals surface area contributed by atoms with E-state index in [-0.39, 0.29) is 17.2 Å². The summed E-state index contributed by atoms with van der Waals surface area (Å²) < 4.78 is 0. The maximum absolute atomic E-state index is 13.1. The van der Waals surface area contributed by atoms with Crippen molar-refractivity contribution in [3.63, 3.8) is 0 Å². The van der Waals surface area contributed by atoms with Gasteiger partial charge in [-0.3, -0.25) is 4.79 Å². The number of rotatable bonds is 6. The van der Waals surface area contributed by atoms with E-state index < -0.39 is 0 Å². The van der Waals surface area contributed by atoms with Gasteiger partial charge in [-0.15, -0.1) is 0 Å². The zero-order valence-electron chi connectivity index (χ0n) is 17.9. The van der Waals surface area contributed by atoms with Crippen molar-refractivity contribution in [3.05, 3.63) is 107 Å². The smallest absolute Gasteiger partial charge is 0.244 e. The quantitative estimate of drug-likeness (QED) is 0.431. The Bertz CT molecular complexity index is 1000. The van der Waals surface area contributed by atoms with Gasteiger partial charge in [0.25, 0.3) is 0 Å². The Morgan fingerprint density at radius 3 is 1.93 bits per heavy atom.